The molecule has 1 aromatic rings. The molecule has 0 atom stereocenters. The van der Waals surface area contributed by atoms with Gasteiger partial charge in [-0.05, 0) is 0 Å². The topological polar surface area (TPSA) is 76.9 Å². The van der Waals surface area contributed by atoms with E-state index in [9.17, 15) is 4.79 Å². The maximum absolute atomic E-state index is 10.7. The summed E-state index contributed by atoms with van der Waals surface area (Å²) in [6.45, 7) is 2.27. The summed E-state index contributed by atoms with van der Waals surface area (Å²) in [4.78, 5) is 18.4. The number of carboxylic acid groups (broad SMARTS) is 1. The molecule has 0 unspecified atom stereocenters. The molecule has 1 aliphatic heterocycles. The molecule has 16 heavy (non-hydrogen) atoms. The third kappa shape index (κ3) is 2.25. The van der Waals surface area contributed by atoms with Crippen molar-refractivity contribution in [1.29, 1.82) is 0 Å². The minimum Gasteiger partial charge on any atom is -0.465 e. The van der Waals surface area contributed by atoms with Crippen molar-refractivity contribution in [3.8, 4) is 0 Å². The molecule has 88 valence electrons. The molecule has 1 aliphatic rings. The molecule has 2 N–H and O–H groups in total. The second-order valence-corrected chi connectivity index (χ2v) is 4.37. The second kappa shape index (κ2) is 4.67. The summed E-state index contributed by atoms with van der Waals surface area (Å²) in [6, 6.07) is 0. The lowest BCUT2D eigenvalue weighted by molar-refractivity contribution is 0.142. The average Bonchev–Trinajstić information content (AvgIpc) is 2.77. The van der Waals surface area contributed by atoms with Gasteiger partial charge < -0.3 is 20.0 Å². The summed E-state index contributed by atoms with van der Waals surface area (Å²) in [5, 5.41) is 20.4. The Morgan fingerprint density at radius 2 is 2.12 bits per heavy atom. The zero-order chi connectivity index (χ0) is 11.5. The molecule has 1 fully saturated rings. The van der Waals surface area contributed by atoms with Crippen LogP contribution in [0.2, 0.25) is 0 Å². The van der Waals surface area contributed by atoms with E-state index in [1.165, 1.54) is 16.2 Å². The average molecular weight is 243 g/mol. The second-order valence-electron chi connectivity index (χ2n) is 3.54. The van der Waals surface area contributed by atoms with Crippen molar-refractivity contribution >= 4 is 22.6 Å². The van der Waals surface area contributed by atoms with E-state index >= 15 is 0 Å². The third-order valence-corrected chi connectivity index (χ3v) is 3.47. The van der Waals surface area contributed by atoms with Gasteiger partial charge in [0.2, 0.25) is 0 Å². The molecule has 1 aromatic heterocycles. The highest BCUT2D eigenvalue weighted by molar-refractivity contribution is 7.13. The molecular weight excluding hydrogens is 230 g/mol. The van der Waals surface area contributed by atoms with Gasteiger partial charge in [-0.2, -0.15) is 0 Å². The van der Waals surface area contributed by atoms with Crippen LogP contribution < -0.4 is 4.90 Å². The highest BCUT2D eigenvalue weighted by atomic mass is 32.1. The molecule has 6 nitrogen and oxygen atoms in total. The van der Waals surface area contributed by atoms with E-state index in [4.69, 9.17) is 10.2 Å². The molecule has 7 heteroatoms. The van der Waals surface area contributed by atoms with Crippen LogP contribution in [-0.2, 0) is 6.61 Å². The number of amides is 1. The van der Waals surface area contributed by atoms with E-state index < -0.39 is 6.09 Å². The van der Waals surface area contributed by atoms with Crippen LogP contribution >= 0.6 is 11.3 Å². The van der Waals surface area contributed by atoms with E-state index in [1.807, 2.05) is 10.3 Å². The van der Waals surface area contributed by atoms with Gasteiger partial charge in [-0.15, -0.1) is 11.3 Å². The molecule has 2 heterocycles. The van der Waals surface area contributed by atoms with Crippen LogP contribution in [0.1, 0.15) is 5.69 Å². The molecule has 0 bridgehead atoms. The Balaban J connectivity index is 1.96. The van der Waals surface area contributed by atoms with Crippen LogP contribution in [0.25, 0.3) is 0 Å². The predicted molar refractivity (Wildman–Crippen MR) is 59.8 cm³/mol. The number of rotatable bonds is 2. The van der Waals surface area contributed by atoms with Crippen LogP contribution in [0.5, 0.6) is 0 Å². The molecule has 1 saturated heterocycles. The largest absolute Gasteiger partial charge is 0.465 e. The lowest BCUT2D eigenvalue weighted by Gasteiger charge is -2.32. The molecule has 1 amide bonds. The monoisotopic (exact) mass is 243 g/mol. The maximum atomic E-state index is 10.7. The molecule has 0 saturated carbocycles. The van der Waals surface area contributed by atoms with E-state index in [2.05, 4.69) is 4.98 Å². The normalized spacial score (nSPS) is 16.6. The van der Waals surface area contributed by atoms with Gasteiger partial charge in [0.25, 0.3) is 0 Å². The first kappa shape index (κ1) is 11.2. The van der Waals surface area contributed by atoms with E-state index in [0.29, 0.717) is 31.9 Å². The smallest absolute Gasteiger partial charge is 0.407 e. The first-order valence-corrected chi connectivity index (χ1v) is 5.87. The summed E-state index contributed by atoms with van der Waals surface area (Å²) >= 11 is 1.48. The number of aliphatic hydroxyl groups is 1. The van der Waals surface area contributed by atoms with Crippen LogP contribution in [0, 0.1) is 0 Å². The minimum absolute atomic E-state index is 0.0500. The number of nitrogens with zero attached hydrogens (tertiary/aromatic N) is 3. The van der Waals surface area contributed by atoms with Gasteiger partial charge in [0.15, 0.2) is 5.13 Å². The van der Waals surface area contributed by atoms with Gasteiger partial charge in [-0.1, -0.05) is 0 Å². The molecule has 0 radical (unpaired) electrons. The summed E-state index contributed by atoms with van der Waals surface area (Å²) in [6.07, 6.45) is -0.866. The fourth-order valence-electron chi connectivity index (χ4n) is 1.60. The number of thiazole rings is 1. The number of piperazine rings is 1. The van der Waals surface area contributed by atoms with Crippen molar-refractivity contribution in [3.63, 3.8) is 0 Å². The Bertz CT molecular complexity index is 374. The van der Waals surface area contributed by atoms with Crippen molar-refractivity contribution in [2.24, 2.45) is 0 Å². The fraction of sp³-hybridized carbons (Fsp3) is 0.556. The van der Waals surface area contributed by atoms with Crippen molar-refractivity contribution in [3.05, 3.63) is 11.1 Å². The van der Waals surface area contributed by atoms with Crippen LogP contribution in [0.4, 0.5) is 9.93 Å². The SMILES string of the molecule is O=C(O)N1CCN(c2nc(CO)cs2)CC1. The van der Waals surface area contributed by atoms with E-state index in [1.54, 1.807) is 0 Å². The number of aromatic nitrogens is 1. The standard InChI is InChI=1S/C9H13N3O3S/c13-5-7-6-16-8(10-7)11-1-3-12(4-2-11)9(14)15/h6,13H,1-5H2,(H,14,15). The fourth-order valence-corrected chi connectivity index (χ4v) is 2.47. The Labute approximate surface area is 96.7 Å². The number of anilines is 1. The number of hydrogen-bond acceptors (Lipinski definition) is 5. The van der Waals surface area contributed by atoms with Gasteiger partial charge in [0.1, 0.15) is 0 Å². The number of aliphatic hydroxyl groups excluding tert-OH is 1. The van der Waals surface area contributed by atoms with E-state index in [-0.39, 0.29) is 6.61 Å². The molecule has 0 spiro atoms. The Morgan fingerprint density at radius 1 is 1.44 bits per heavy atom. The highest BCUT2D eigenvalue weighted by Gasteiger charge is 2.21. The lowest BCUT2D eigenvalue weighted by atomic mass is 10.3. The first-order chi connectivity index (χ1) is 7.70. The first-order valence-electron chi connectivity index (χ1n) is 4.99. The number of hydrogen-bond donors (Lipinski definition) is 2. The van der Waals surface area contributed by atoms with Gasteiger partial charge in [0.05, 0.1) is 12.3 Å². The zero-order valence-electron chi connectivity index (χ0n) is 8.67. The Morgan fingerprint density at radius 3 is 2.62 bits per heavy atom. The molecular formula is C9H13N3O3S. The molecule has 0 aromatic carbocycles. The van der Waals surface area contributed by atoms with Gasteiger partial charge in [-0.25, -0.2) is 9.78 Å². The van der Waals surface area contributed by atoms with Crippen molar-refractivity contribution in [2.75, 3.05) is 31.1 Å². The molecule has 2 rings (SSSR count). The summed E-state index contributed by atoms with van der Waals surface area (Å²) in [5.74, 6) is 0. The molecule has 0 aliphatic carbocycles. The maximum Gasteiger partial charge on any atom is 0.407 e. The Hall–Kier alpha value is -1.34. The van der Waals surface area contributed by atoms with Crippen molar-refractivity contribution < 1.29 is 15.0 Å². The summed E-state index contributed by atoms with van der Waals surface area (Å²) < 4.78 is 0. The van der Waals surface area contributed by atoms with Gasteiger partial charge in [-0.3, -0.25) is 0 Å². The third-order valence-electron chi connectivity index (χ3n) is 2.52. The summed E-state index contributed by atoms with van der Waals surface area (Å²) in [5.41, 5.74) is 0.667. The van der Waals surface area contributed by atoms with Crippen molar-refractivity contribution in [2.45, 2.75) is 6.61 Å². The van der Waals surface area contributed by atoms with Gasteiger partial charge in [0, 0.05) is 31.6 Å². The highest BCUT2D eigenvalue weighted by Crippen LogP contribution is 2.21. The zero-order valence-corrected chi connectivity index (χ0v) is 9.48. The van der Waals surface area contributed by atoms with Crippen LogP contribution in [0.3, 0.4) is 0 Å². The minimum atomic E-state index is -0.866. The van der Waals surface area contributed by atoms with Crippen LogP contribution in [0.15, 0.2) is 5.38 Å². The number of carbonyl (C=O) groups is 1. The van der Waals surface area contributed by atoms with Crippen LogP contribution in [-0.4, -0.2) is 52.4 Å². The van der Waals surface area contributed by atoms with Crippen molar-refractivity contribution in [1.82, 2.24) is 9.88 Å². The Kier molecular flexibility index (Phi) is 3.25. The van der Waals surface area contributed by atoms with E-state index in [0.717, 1.165) is 5.13 Å². The quantitative estimate of drug-likeness (QED) is 0.788. The lowest BCUT2D eigenvalue weighted by Crippen LogP contribution is -2.48. The van der Waals surface area contributed by atoms with Gasteiger partial charge >= 0.3 is 6.09 Å². The predicted octanol–water partition coefficient (Wildman–Crippen LogP) is 0.435. The summed E-state index contributed by atoms with van der Waals surface area (Å²) in [7, 11) is 0.